The highest BCUT2D eigenvalue weighted by molar-refractivity contribution is 7.22. The molecule has 1 fully saturated rings. The van der Waals surface area contributed by atoms with Gasteiger partial charge in [-0.05, 0) is 41.7 Å². The van der Waals surface area contributed by atoms with E-state index in [0.29, 0.717) is 21.3 Å². The lowest BCUT2D eigenvalue weighted by Gasteiger charge is -2.24. The van der Waals surface area contributed by atoms with Gasteiger partial charge < -0.3 is 5.11 Å². The van der Waals surface area contributed by atoms with Crippen LogP contribution in [0.4, 0.5) is 9.52 Å². The Bertz CT molecular complexity index is 1530. The van der Waals surface area contributed by atoms with Gasteiger partial charge in [0.25, 0.3) is 5.78 Å². The van der Waals surface area contributed by atoms with Crippen molar-refractivity contribution in [3.05, 3.63) is 100 Å². The number of hydrogen-bond donors (Lipinski definition) is 1. The quantitative estimate of drug-likeness (QED) is 0.194. The second-order valence-corrected chi connectivity index (χ2v) is 11.0. The molecule has 1 aromatic heterocycles. The van der Waals surface area contributed by atoms with Gasteiger partial charge in [-0.2, -0.15) is 0 Å². The van der Waals surface area contributed by atoms with Crippen LogP contribution in [0.2, 0.25) is 0 Å². The molecule has 1 aliphatic rings. The van der Waals surface area contributed by atoms with Crippen molar-refractivity contribution in [3.63, 3.8) is 0 Å². The maximum atomic E-state index is 13.8. The maximum Gasteiger partial charge on any atom is 0.301 e. The molecule has 1 N–H and O–H groups in total. The van der Waals surface area contributed by atoms with Gasteiger partial charge in [0.15, 0.2) is 5.13 Å². The Morgan fingerprint density at radius 3 is 2.31 bits per heavy atom. The number of benzene rings is 3. The fourth-order valence-corrected chi connectivity index (χ4v) is 5.38. The Labute approximate surface area is 212 Å². The fraction of sp³-hybridized carbons (Fsp3) is 0.207. The molecule has 0 spiro atoms. The van der Waals surface area contributed by atoms with E-state index in [1.165, 1.54) is 17.0 Å². The molecule has 1 unspecified atom stereocenters. The van der Waals surface area contributed by atoms with Crippen LogP contribution in [0, 0.1) is 12.7 Å². The van der Waals surface area contributed by atoms with Crippen molar-refractivity contribution < 1.29 is 19.1 Å². The summed E-state index contributed by atoms with van der Waals surface area (Å²) in [5.41, 5.74) is 3.65. The number of ketones is 1. The van der Waals surface area contributed by atoms with Crippen molar-refractivity contribution >= 4 is 44.1 Å². The number of carbonyl (C=O) groups excluding carboxylic acids is 2. The van der Waals surface area contributed by atoms with Crippen LogP contribution in [0.1, 0.15) is 49.1 Å². The number of aryl methyl sites for hydroxylation is 1. The van der Waals surface area contributed by atoms with E-state index in [1.807, 2.05) is 43.3 Å². The minimum Gasteiger partial charge on any atom is -0.507 e. The van der Waals surface area contributed by atoms with Gasteiger partial charge in [0.1, 0.15) is 11.6 Å². The number of nitrogens with zero attached hydrogens (tertiary/aromatic N) is 2. The van der Waals surface area contributed by atoms with Gasteiger partial charge in [-0.15, -0.1) is 0 Å². The molecule has 3 aromatic carbocycles. The monoisotopic (exact) mass is 500 g/mol. The number of aromatic nitrogens is 1. The molecule has 4 aromatic rings. The number of aliphatic hydroxyl groups excluding tert-OH is 1. The van der Waals surface area contributed by atoms with Crippen molar-refractivity contribution in [2.75, 3.05) is 4.90 Å². The second kappa shape index (κ2) is 8.68. The molecule has 5 nitrogen and oxygen atoms in total. The molecule has 5 rings (SSSR count). The van der Waals surface area contributed by atoms with Gasteiger partial charge in [0.2, 0.25) is 0 Å². The molecule has 2 heterocycles. The molecule has 1 saturated heterocycles. The van der Waals surface area contributed by atoms with Gasteiger partial charge in [0.05, 0.1) is 21.8 Å². The number of carbonyl (C=O) groups is 2. The molecule has 1 amide bonds. The Hall–Kier alpha value is -3.84. The zero-order valence-electron chi connectivity index (χ0n) is 20.4. The van der Waals surface area contributed by atoms with E-state index in [2.05, 4.69) is 25.8 Å². The summed E-state index contributed by atoms with van der Waals surface area (Å²) in [6.07, 6.45) is 0. The van der Waals surface area contributed by atoms with Crippen LogP contribution in [0.15, 0.2) is 72.3 Å². The second-order valence-electron chi connectivity index (χ2n) is 10.0. The average Bonchev–Trinajstić information content (AvgIpc) is 3.36. The van der Waals surface area contributed by atoms with E-state index in [9.17, 15) is 19.1 Å². The summed E-state index contributed by atoms with van der Waals surface area (Å²) < 4.78 is 14.4. The van der Waals surface area contributed by atoms with Crippen molar-refractivity contribution in [2.24, 2.45) is 0 Å². The summed E-state index contributed by atoms with van der Waals surface area (Å²) >= 11 is 1.13. The van der Waals surface area contributed by atoms with Crippen LogP contribution in [0.25, 0.3) is 16.0 Å². The largest absolute Gasteiger partial charge is 0.507 e. The fourth-order valence-electron chi connectivity index (χ4n) is 4.37. The van der Waals surface area contributed by atoms with Gasteiger partial charge in [0, 0.05) is 5.56 Å². The summed E-state index contributed by atoms with van der Waals surface area (Å²) in [6.45, 7) is 8.23. The van der Waals surface area contributed by atoms with Crippen LogP contribution < -0.4 is 4.90 Å². The van der Waals surface area contributed by atoms with Gasteiger partial charge in [-0.25, -0.2) is 9.37 Å². The molecule has 1 aliphatic heterocycles. The Morgan fingerprint density at radius 2 is 1.67 bits per heavy atom. The lowest BCUT2D eigenvalue weighted by molar-refractivity contribution is -0.132. The Kier molecular flexibility index (Phi) is 5.75. The van der Waals surface area contributed by atoms with Crippen molar-refractivity contribution in [3.8, 4) is 0 Å². The highest BCUT2D eigenvalue weighted by Crippen LogP contribution is 2.44. The summed E-state index contributed by atoms with van der Waals surface area (Å²) in [6, 6.07) is 18.1. The molecule has 0 aliphatic carbocycles. The smallest absolute Gasteiger partial charge is 0.301 e. The summed E-state index contributed by atoms with van der Waals surface area (Å²) in [7, 11) is 0. The lowest BCUT2D eigenvalue weighted by Crippen LogP contribution is -2.29. The third-order valence-corrected chi connectivity index (χ3v) is 7.42. The molecule has 7 heteroatoms. The minimum absolute atomic E-state index is 0.00204. The van der Waals surface area contributed by atoms with Gasteiger partial charge in [-0.1, -0.05) is 86.2 Å². The van der Waals surface area contributed by atoms with Crippen molar-refractivity contribution in [2.45, 2.75) is 39.2 Å². The van der Waals surface area contributed by atoms with Crippen LogP contribution >= 0.6 is 11.3 Å². The number of Topliss-reactive ketones (excluding diaryl/α,β-unsaturated/α-hetero) is 1. The third-order valence-electron chi connectivity index (χ3n) is 6.41. The van der Waals surface area contributed by atoms with Crippen LogP contribution in [0.3, 0.4) is 0 Å². The van der Waals surface area contributed by atoms with E-state index in [0.717, 1.165) is 22.5 Å². The molecular formula is C29H25FN2O3S. The molecule has 1 atom stereocenters. The summed E-state index contributed by atoms with van der Waals surface area (Å²) in [5.74, 6) is -2.22. The zero-order valence-corrected chi connectivity index (χ0v) is 21.2. The van der Waals surface area contributed by atoms with Crippen molar-refractivity contribution in [1.29, 1.82) is 0 Å². The number of amides is 1. The Morgan fingerprint density at radius 1 is 1.00 bits per heavy atom. The van der Waals surface area contributed by atoms with E-state index < -0.39 is 23.5 Å². The predicted octanol–water partition coefficient (Wildman–Crippen LogP) is 6.67. The number of anilines is 1. The Balaban J connectivity index is 1.71. The van der Waals surface area contributed by atoms with Crippen LogP contribution in [-0.2, 0) is 15.0 Å². The lowest BCUT2D eigenvalue weighted by atomic mass is 9.85. The molecule has 0 radical (unpaired) electrons. The molecule has 0 saturated carbocycles. The van der Waals surface area contributed by atoms with Crippen molar-refractivity contribution in [1.82, 2.24) is 4.98 Å². The van der Waals surface area contributed by atoms with Crippen LogP contribution in [0.5, 0.6) is 0 Å². The van der Waals surface area contributed by atoms with Crippen LogP contribution in [-0.4, -0.2) is 21.8 Å². The number of hydrogen-bond acceptors (Lipinski definition) is 5. The summed E-state index contributed by atoms with van der Waals surface area (Å²) in [5, 5.41) is 11.5. The number of thiazole rings is 1. The van der Waals surface area contributed by atoms with E-state index in [1.54, 1.807) is 18.2 Å². The first-order valence-corrected chi connectivity index (χ1v) is 12.4. The molecule has 0 bridgehead atoms. The van der Waals surface area contributed by atoms with E-state index in [-0.39, 0.29) is 21.9 Å². The standard InChI is InChI=1S/C29H25FN2O3S/c1-16-5-7-18(8-6-16)25(33)23-24(17-9-11-19(12-10-17)29(2,3)4)32(27(35)26(23)34)28-31-21-14-13-20(30)15-22(21)36-28/h5-15,24,33H,1-4H3/b25-23-. The predicted molar refractivity (Wildman–Crippen MR) is 141 cm³/mol. The highest BCUT2D eigenvalue weighted by Gasteiger charge is 2.48. The van der Waals surface area contributed by atoms with E-state index in [4.69, 9.17) is 0 Å². The normalized spacial score (nSPS) is 17.8. The molecular weight excluding hydrogens is 475 g/mol. The first-order valence-electron chi connectivity index (χ1n) is 11.6. The SMILES string of the molecule is Cc1ccc(/C(O)=C2/C(=O)C(=O)N(c3nc4ccc(F)cc4s3)C2c2ccc(C(C)(C)C)cc2)cc1. The molecule has 182 valence electrons. The van der Waals surface area contributed by atoms with Gasteiger partial charge in [-0.3, -0.25) is 14.5 Å². The number of aliphatic hydroxyl groups is 1. The maximum absolute atomic E-state index is 13.8. The number of halogens is 1. The zero-order chi connectivity index (χ0) is 25.8. The molecule has 36 heavy (non-hydrogen) atoms. The number of fused-ring (bicyclic) bond motifs is 1. The van der Waals surface area contributed by atoms with E-state index >= 15 is 0 Å². The minimum atomic E-state index is -0.884. The topological polar surface area (TPSA) is 70.5 Å². The first-order chi connectivity index (χ1) is 17.0. The summed E-state index contributed by atoms with van der Waals surface area (Å²) in [4.78, 5) is 32.6. The number of rotatable bonds is 3. The third kappa shape index (κ3) is 4.09. The average molecular weight is 501 g/mol. The van der Waals surface area contributed by atoms with Gasteiger partial charge >= 0.3 is 5.91 Å². The highest BCUT2D eigenvalue weighted by atomic mass is 32.1. The first kappa shape index (κ1) is 23.9.